The maximum absolute atomic E-state index is 12.4. The third-order valence-electron chi connectivity index (χ3n) is 4.05. The summed E-state index contributed by atoms with van der Waals surface area (Å²) in [6, 6.07) is 18.7. The van der Waals surface area contributed by atoms with E-state index in [9.17, 15) is 9.59 Å². The Kier molecular flexibility index (Phi) is 5.88. The van der Waals surface area contributed by atoms with Crippen LogP contribution in [0.25, 0.3) is 0 Å². The molecule has 0 amide bonds. The van der Waals surface area contributed by atoms with Crippen molar-refractivity contribution >= 4 is 0 Å². The van der Waals surface area contributed by atoms with Gasteiger partial charge in [0.25, 0.3) is 5.56 Å². The molecule has 0 radical (unpaired) electrons. The van der Waals surface area contributed by atoms with Crippen LogP contribution < -0.4 is 16.0 Å². The Balaban J connectivity index is 1.94. The van der Waals surface area contributed by atoms with Crippen LogP contribution in [0.4, 0.5) is 0 Å². The van der Waals surface area contributed by atoms with Gasteiger partial charge in [-0.3, -0.25) is 9.78 Å². The molecular formula is C21H22N2O4. The highest BCUT2D eigenvalue weighted by molar-refractivity contribution is 5.33. The zero-order valence-electron chi connectivity index (χ0n) is 15.3. The minimum absolute atomic E-state index is 0.0353. The Labute approximate surface area is 157 Å². The molecule has 0 aliphatic heterocycles. The number of aromatic nitrogens is 2. The molecule has 1 N–H and O–H groups in total. The zero-order valence-corrected chi connectivity index (χ0v) is 15.3. The van der Waals surface area contributed by atoms with Gasteiger partial charge in [0.1, 0.15) is 12.5 Å². The van der Waals surface area contributed by atoms with Gasteiger partial charge in [-0.2, -0.15) is 0 Å². The van der Waals surface area contributed by atoms with Crippen LogP contribution in [0.2, 0.25) is 0 Å². The van der Waals surface area contributed by atoms with Crippen LogP contribution in [0.15, 0.2) is 70.3 Å². The van der Waals surface area contributed by atoms with E-state index in [4.69, 9.17) is 9.47 Å². The fraction of sp³-hybridized carbons (Fsp3) is 0.238. The molecule has 0 saturated carbocycles. The van der Waals surface area contributed by atoms with E-state index in [0.717, 1.165) is 5.56 Å². The fourth-order valence-corrected chi connectivity index (χ4v) is 2.73. The zero-order chi connectivity index (χ0) is 19.2. The van der Waals surface area contributed by atoms with E-state index in [1.54, 1.807) is 12.1 Å². The Bertz CT molecular complexity index is 992. The number of rotatable bonds is 7. The van der Waals surface area contributed by atoms with Crippen LogP contribution in [0.1, 0.15) is 30.9 Å². The van der Waals surface area contributed by atoms with Crippen molar-refractivity contribution in [1.82, 2.24) is 9.55 Å². The van der Waals surface area contributed by atoms with E-state index in [0.29, 0.717) is 17.9 Å². The number of benzene rings is 2. The lowest BCUT2D eigenvalue weighted by atomic mass is 10.1. The van der Waals surface area contributed by atoms with Gasteiger partial charge in [-0.15, -0.1) is 0 Å². The van der Waals surface area contributed by atoms with Gasteiger partial charge in [0, 0.05) is 0 Å². The molecule has 0 saturated heterocycles. The predicted molar refractivity (Wildman–Crippen MR) is 103 cm³/mol. The number of aromatic amines is 1. The van der Waals surface area contributed by atoms with Gasteiger partial charge in [-0.1, -0.05) is 62.4 Å². The minimum atomic E-state index is -0.566. The van der Waals surface area contributed by atoms with Crippen molar-refractivity contribution in [2.75, 3.05) is 0 Å². The third kappa shape index (κ3) is 4.54. The summed E-state index contributed by atoms with van der Waals surface area (Å²) >= 11 is 0. The van der Waals surface area contributed by atoms with Crippen LogP contribution in [0, 0.1) is 0 Å². The lowest BCUT2D eigenvalue weighted by Crippen LogP contribution is -2.34. The van der Waals surface area contributed by atoms with Gasteiger partial charge in [-0.05, 0) is 23.6 Å². The Morgan fingerprint density at radius 2 is 1.59 bits per heavy atom. The summed E-state index contributed by atoms with van der Waals surface area (Å²) < 4.78 is 12.9. The van der Waals surface area contributed by atoms with Gasteiger partial charge in [0.15, 0.2) is 0 Å². The third-order valence-corrected chi connectivity index (χ3v) is 4.05. The monoisotopic (exact) mass is 366 g/mol. The first kappa shape index (κ1) is 18.7. The van der Waals surface area contributed by atoms with Gasteiger partial charge >= 0.3 is 5.69 Å². The van der Waals surface area contributed by atoms with E-state index < -0.39 is 11.2 Å². The van der Waals surface area contributed by atoms with E-state index in [2.05, 4.69) is 4.98 Å². The van der Waals surface area contributed by atoms with Gasteiger partial charge in [-0.25, -0.2) is 9.36 Å². The van der Waals surface area contributed by atoms with Crippen LogP contribution in [0.3, 0.4) is 0 Å². The summed E-state index contributed by atoms with van der Waals surface area (Å²) in [6.07, 6.45) is 0. The van der Waals surface area contributed by atoms with Gasteiger partial charge < -0.3 is 9.47 Å². The summed E-state index contributed by atoms with van der Waals surface area (Å²) in [4.78, 5) is 27.1. The van der Waals surface area contributed by atoms with E-state index >= 15 is 0 Å². The molecule has 3 aromatic rings. The fourth-order valence-electron chi connectivity index (χ4n) is 2.73. The molecule has 2 aromatic carbocycles. The first-order chi connectivity index (χ1) is 13.1. The molecule has 0 unspecified atom stereocenters. The largest absolute Gasteiger partial charge is 0.440 e. The smallest absolute Gasteiger partial charge is 0.333 e. The molecule has 1 heterocycles. The van der Waals surface area contributed by atoms with Gasteiger partial charge in [0.2, 0.25) is 5.88 Å². The van der Waals surface area contributed by atoms with Crippen molar-refractivity contribution in [1.29, 1.82) is 0 Å². The highest BCUT2D eigenvalue weighted by Crippen LogP contribution is 2.26. The second-order valence-corrected chi connectivity index (χ2v) is 6.44. The van der Waals surface area contributed by atoms with Crippen molar-refractivity contribution in [2.24, 2.45) is 0 Å². The maximum Gasteiger partial charge on any atom is 0.333 e. The molecule has 0 bridgehead atoms. The molecule has 140 valence electrons. The van der Waals surface area contributed by atoms with Crippen LogP contribution in [-0.4, -0.2) is 9.55 Å². The molecule has 1 aromatic heterocycles. The van der Waals surface area contributed by atoms with Crippen molar-refractivity contribution < 1.29 is 9.47 Å². The number of nitrogens with one attached hydrogen (secondary N) is 1. The first-order valence-corrected chi connectivity index (χ1v) is 8.78. The normalized spacial score (nSPS) is 10.9. The maximum atomic E-state index is 12.4. The molecule has 6 nitrogen and oxygen atoms in total. The molecular weight excluding hydrogens is 344 g/mol. The second kappa shape index (κ2) is 8.51. The summed E-state index contributed by atoms with van der Waals surface area (Å²) in [5, 5.41) is 0. The van der Waals surface area contributed by atoms with E-state index in [1.807, 2.05) is 62.4 Å². The van der Waals surface area contributed by atoms with E-state index in [-0.39, 0.29) is 18.5 Å². The SMILES string of the molecule is CC(C)c1c(Oc2ccccc2)n(COCc2ccccc2)c(=O)[nH]c1=O. The summed E-state index contributed by atoms with van der Waals surface area (Å²) in [5.74, 6) is 0.618. The number of H-pyrrole nitrogens is 1. The molecule has 3 rings (SSSR count). The molecule has 0 aliphatic rings. The molecule has 0 aliphatic carbocycles. The number of hydrogen-bond acceptors (Lipinski definition) is 4. The van der Waals surface area contributed by atoms with Gasteiger partial charge in [0.05, 0.1) is 12.2 Å². The quantitative estimate of drug-likeness (QED) is 0.693. The topological polar surface area (TPSA) is 73.3 Å². The number of hydrogen-bond donors (Lipinski definition) is 1. The number of nitrogens with zero attached hydrogens (tertiary/aromatic N) is 1. The second-order valence-electron chi connectivity index (χ2n) is 6.44. The molecule has 0 spiro atoms. The predicted octanol–water partition coefficient (Wildman–Crippen LogP) is 3.63. The number of ether oxygens (including phenoxy) is 2. The summed E-state index contributed by atoms with van der Waals surface area (Å²) in [6.45, 7) is 4.06. The summed E-state index contributed by atoms with van der Waals surface area (Å²) in [5.41, 5.74) is 0.384. The molecule has 0 atom stereocenters. The van der Waals surface area contributed by atoms with Crippen LogP contribution >= 0.6 is 0 Å². The minimum Gasteiger partial charge on any atom is -0.440 e. The van der Waals surface area contributed by atoms with Crippen molar-refractivity contribution in [3.05, 3.63) is 92.6 Å². The van der Waals surface area contributed by atoms with Crippen molar-refractivity contribution in [2.45, 2.75) is 33.1 Å². The van der Waals surface area contributed by atoms with Crippen molar-refractivity contribution in [3.8, 4) is 11.6 Å². The average Bonchev–Trinajstić information content (AvgIpc) is 2.65. The Morgan fingerprint density at radius 1 is 0.963 bits per heavy atom. The van der Waals surface area contributed by atoms with Crippen LogP contribution in [-0.2, 0) is 18.1 Å². The molecule has 6 heteroatoms. The lowest BCUT2D eigenvalue weighted by molar-refractivity contribution is 0.0560. The van der Waals surface area contributed by atoms with Crippen molar-refractivity contribution in [3.63, 3.8) is 0 Å². The molecule has 27 heavy (non-hydrogen) atoms. The summed E-state index contributed by atoms with van der Waals surface area (Å²) in [7, 11) is 0. The lowest BCUT2D eigenvalue weighted by Gasteiger charge is -2.18. The first-order valence-electron chi connectivity index (χ1n) is 8.78. The highest BCUT2D eigenvalue weighted by atomic mass is 16.5. The van der Waals surface area contributed by atoms with E-state index in [1.165, 1.54) is 4.57 Å². The standard InChI is InChI=1S/C21H22N2O4/c1-15(2)18-19(24)22-21(25)23(14-26-13-16-9-5-3-6-10-16)20(18)27-17-11-7-4-8-12-17/h3-12,15H,13-14H2,1-2H3,(H,22,24,25). The number of para-hydroxylation sites is 1. The molecule has 0 fully saturated rings. The Hall–Kier alpha value is -3.12. The van der Waals surface area contributed by atoms with Crippen LogP contribution in [0.5, 0.6) is 11.6 Å². The highest BCUT2D eigenvalue weighted by Gasteiger charge is 2.20. The Morgan fingerprint density at radius 3 is 2.22 bits per heavy atom. The average molecular weight is 366 g/mol.